The van der Waals surface area contributed by atoms with Gasteiger partial charge in [-0.2, -0.15) is 0 Å². The van der Waals surface area contributed by atoms with Gasteiger partial charge in [-0.3, -0.25) is 4.79 Å². The molecule has 0 bridgehead atoms. The monoisotopic (exact) mass is 428 g/mol. The van der Waals surface area contributed by atoms with Gasteiger partial charge in [-0.05, 0) is 69.5 Å². The van der Waals surface area contributed by atoms with Crippen molar-refractivity contribution < 1.29 is 14.3 Å². The molecule has 7 nitrogen and oxygen atoms in total. The van der Waals surface area contributed by atoms with Crippen molar-refractivity contribution in [3.8, 4) is 5.75 Å². The molecule has 3 heterocycles. The van der Waals surface area contributed by atoms with E-state index in [0.717, 1.165) is 44.6 Å². The summed E-state index contributed by atoms with van der Waals surface area (Å²) in [7, 11) is 0. The van der Waals surface area contributed by atoms with E-state index in [1.54, 1.807) is 0 Å². The average molecular weight is 429 g/mol. The van der Waals surface area contributed by atoms with Crippen molar-refractivity contribution in [1.82, 2.24) is 19.6 Å². The third kappa shape index (κ3) is 5.91. The fourth-order valence-corrected chi connectivity index (χ4v) is 4.75. The number of benzene rings is 1. The highest BCUT2D eigenvalue weighted by Gasteiger charge is 2.28. The lowest BCUT2D eigenvalue weighted by Gasteiger charge is -2.36. The van der Waals surface area contributed by atoms with Crippen molar-refractivity contribution in [2.75, 3.05) is 65.5 Å². The second kappa shape index (κ2) is 10.8. The highest BCUT2D eigenvalue weighted by atomic mass is 16.5. The summed E-state index contributed by atoms with van der Waals surface area (Å²) in [4.78, 5) is 33.5. The molecule has 3 aliphatic heterocycles. The van der Waals surface area contributed by atoms with Gasteiger partial charge in [0.15, 0.2) is 0 Å². The minimum absolute atomic E-state index is 0.0323. The number of carbonyl (C=O) groups is 2. The summed E-state index contributed by atoms with van der Waals surface area (Å²) in [5.74, 6) is 0.848. The van der Waals surface area contributed by atoms with Crippen LogP contribution in [0.4, 0.5) is 4.79 Å². The number of hydrogen-bond acceptors (Lipinski definition) is 4. The fraction of sp³-hybridized carbons (Fsp3) is 0.667. The number of carbonyl (C=O) groups excluding carboxylic acids is 2. The molecule has 0 spiro atoms. The quantitative estimate of drug-likeness (QED) is 0.654. The second-order valence-corrected chi connectivity index (χ2v) is 8.88. The number of likely N-dealkylation sites (tertiary alicyclic amines) is 2. The topological polar surface area (TPSA) is 56.3 Å². The lowest BCUT2D eigenvalue weighted by Crippen LogP contribution is -2.53. The van der Waals surface area contributed by atoms with Gasteiger partial charge in [-0.25, -0.2) is 4.79 Å². The molecule has 4 rings (SSSR count). The van der Waals surface area contributed by atoms with Crippen LogP contribution in [0, 0.1) is 0 Å². The van der Waals surface area contributed by atoms with Crippen LogP contribution in [0.15, 0.2) is 24.3 Å². The van der Waals surface area contributed by atoms with Crippen LogP contribution in [0.2, 0.25) is 0 Å². The summed E-state index contributed by atoms with van der Waals surface area (Å²) in [6, 6.07) is 7.61. The molecule has 0 radical (unpaired) electrons. The van der Waals surface area contributed by atoms with Gasteiger partial charge in [0.25, 0.3) is 5.91 Å². The van der Waals surface area contributed by atoms with Crippen LogP contribution >= 0.6 is 0 Å². The number of urea groups is 1. The van der Waals surface area contributed by atoms with E-state index in [1.807, 2.05) is 39.0 Å². The minimum Gasteiger partial charge on any atom is -0.494 e. The molecule has 0 saturated carbocycles. The first-order chi connectivity index (χ1) is 15.2. The van der Waals surface area contributed by atoms with Crippen LogP contribution in [0.1, 0.15) is 48.9 Å². The molecule has 0 atom stereocenters. The maximum atomic E-state index is 12.8. The van der Waals surface area contributed by atoms with Crippen molar-refractivity contribution in [3.63, 3.8) is 0 Å². The molecule has 3 amide bonds. The Morgan fingerprint density at radius 3 is 1.97 bits per heavy atom. The van der Waals surface area contributed by atoms with Crippen LogP contribution in [-0.4, -0.2) is 97.0 Å². The molecule has 1 aromatic rings. The smallest absolute Gasteiger partial charge is 0.320 e. The van der Waals surface area contributed by atoms with Crippen molar-refractivity contribution in [3.05, 3.63) is 29.8 Å². The molecule has 3 aliphatic rings. The minimum atomic E-state index is 0.0323. The van der Waals surface area contributed by atoms with E-state index in [2.05, 4.69) is 4.90 Å². The van der Waals surface area contributed by atoms with E-state index < -0.39 is 0 Å². The summed E-state index contributed by atoms with van der Waals surface area (Å²) < 4.78 is 5.87. The zero-order chi connectivity index (χ0) is 21.5. The molecule has 3 fully saturated rings. The first-order valence-corrected chi connectivity index (χ1v) is 12.0. The summed E-state index contributed by atoms with van der Waals surface area (Å²) >= 11 is 0. The van der Waals surface area contributed by atoms with Crippen molar-refractivity contribution in [2.45, 2.75) is 38.5 Å². The molecule has 1 aromatic carbocycles. The fourth-order valence-electron chi connectivity index (χ4n) is 4.75. The number of ether oxygens (including phenoxy) is 1. The molecular weight excluding hydrogens is 392 g/mol. The SMILES string of the molecule is O=C(c1ccc(OCCCN2CCCCC2)cc1)N1CCN(C(=O)N2CCCC2)CC1. The van der Waals surface area contributed by atoms with Gasteiger partial charge in [0.2, 0.25) is 0 Å². The standard InChI is InChI=1S/C24H36N4O3/c29-23(26-16-18-28(19-17-26)24(30)27-14-4-5-15-27)21-7-9-22(10-8-21)31-20-6-13-25-11-2-1-3-12-25/h7-10H,1-6,11-20H2. The van der Waals surface area contributed by atoms with Gasteiger partial charge < -0.3 is 24.3 Å². The Labute approximate surface area is 185 Å². The Bertz CT molecular complexity index is 719. The highest BCUT2D eigenvalue weighted by Crippen LogP contribution is 2.17. The molecule has 0 N–H and O–H groups in total. The lowest BCUT2D eigenvalue weighted by atomic mass is 10.1. The highest BCUT2D eigenvalue weighted by molar-refractivity contribution is 5.94. The lowest BCUT2D eigenvalue weighted by molar-refractivity contribution is 0.0645. The van der Waals surface area contributed by atoms with E-state index in [9.17, 15) is 9.59 Å². The van der Waals surface area contributed by atoms with Crippen LogP contribution < -0.4 is 4.74 Å². The van der Waals surface area contributed by atoms with E-state index >= 15 is 0 Å². The number of piperidine rings is 1. The molecule has 0 unspecified atom stereocenters. The molecule has 3 saturated heterocycles. The maximum Gasteiger partial charge on any atom is 0.320 e. The Hall–Kier alpha value is -2.28. The molecule has 0 aromatic heterocycles. The normalized spacial score (nSPS) is 20.2. The largest absolute Gasteiger partial charge is 0.494 e. The van der Waals surface area contributed by atoms with Crippen LogP contribution in [0.3, 0.4) is 0 Å². The summed E-state index contributed by atoms with van der Waals surface area (Å²) in [6.07, 6.45) is 7.23. The van der Waals surface area contributed by atoms with Crippen molar-refractivity contribution in [2.24, 2.45) is 0 Å². The Morgan fingerprint density at radius 1 is 0.710 bits per heavy atom. The number of hydrogen-bond donors (Lipinski definition) is 0. The van der Waals surface area contributed by atoms with Gasteiger partial charge in [0.05, 0.1) is 6.61 Å². The molecule has 31 heavy (non-hydrogen) atoms. The van der Waals surface area contributed by atoms with Gasteiger partial charge in [-0.15, -0.1) is 0 Å². The van der Waals surface area contributed by atoms with E-state index in [1.165, 1.54) is 32.4 Å². The van der Waals surface area contributed by atoms with Gasteiger partial charge >= 0.3 is 6.03 Å². The van der Waals surface area contributed by atoms with Gasteiger partial charge in [-0.1, -0.05) is 6.42 Å². The molecule has 0 aliphatic carbocycles. The van der Waals surface area contributed by atoms with E-state index in [4.69, 9.17) is 4.74 Å². The van der Waals surface area contributed by atoms with E-state index in [-0.39, 0.29) is 11.9 Å². The number of rotatable bonds is 6. The van der Waals surface area contributed by atoms with E-state index in [0.29, 0.717) is 38.3 Å². The predicted molar refractivity (Wildman–Crippen MR) is 121 cm³/mol. The van der Waals surface area contributed by atoms with Crippen LogP contribution in [0.5, 0.6) is 5.75 Å². The first kappa shape index (κ1) is 21.9. The summed E-state index contributed by atoms with van der Waals surface area (Å²) in [6.45, 7) is 8.38. The van der Waals surface area contributed by atoms with Crippen molar-refractivity contribution >= 4 is 11.9 Å². The zero-order valence-corrected chi connectivity index (χ0v) is 18.6. The van der Waals surface area contributed by atoms with Crippen LogP contribution in [0.25, 0.3) is 0 Å². The maximum absolute atomic E-state index is 12.8. The van der Waals surface area contributed by atoms with Gasteiger partial charge in [0.1, 0.15) is 5.75 Å². The number of amides is 3. The van der Waals surface area contributed by atoms with Crippen molar-refractivity contribution in [1.29, 1.82) is 0 Å². The van der Waals surface area contributed by atoms with Crippen LogP contribution in [-0.2, 0) is 0 Å². The Balaban J connectivity index is 1.18. The third-order valence-corrected chi connectivity index (χ3v) is 6.65. The molecule has 170 valence electrons. The Kier molecular flexibility index (Phi) is 7.67. The Morgan fingerprint density at radius 2 is 1.29 bits per heavy atom. The summed E-state index contributed by atoms with van der Waals surface area (Å²) in [5, 5.41) is 0. The summed E-state index contributed by atoms with van der Waals surface area (Å²) in [5.41, 5.74) is 0.681. The number of piperazine rings is 1. The average Bonchev–Trinajstić information content (AvgIpc) is 3.37. The van der Waals surface area contributed by atoms with Gasteiger partial charge in [0, 0.05) is 51.4 Å². The predicted octanol–water partition coefficient (Wildman–Crippen LogP) is 2.92. The number of nitrogens with zero attached hydrogens (tertiary/aromatic N) is 4. The second-order valence-electron chi connectivity index (χ2n) is 8.88. The third-order valence-electron chi connectivity index (χ3n) is 6.65. The zero-order valence-electron chi connectivity index (χ0n) is 18.6. The molecular formula is C24H36N4O3. The molecule has 7 heteroatoms. The first-order valence-electron chi connectivity index (χ1n) is 12.0.